The minimum absolute atomic E-state index is 0.274. The van der Waals surface area contributed by atoms with Crippen LogP contribution in [-0.4, -0.2) is 36.5 Å². The standard InChI is InChI=1S/C22H24N2O3/c1-2-27-22(26)20-15-24(14-16-6-4-3-5-7-16)13-12-19(20)17-8-10-18(11-9-17)21(23)25/h3-11H,2,12-15H2,1H3,(H2,23,25). The molecule has 0 aliphatic carbocycles. The summed E-state index contributed by atoms with van der Waals surface area (Å²) in [5.74, 6) is -0.733. The average molecular weight is 364 g/mol. The second-order valence-electron chi connectivity index (χ2n) is 6.57. The number of hydrogen-bond acceptors (Lipinski definition) is 4. The first-order valence-electron chi connectivity index (χ1n) is 9.14. The number of carbonyl (C=O) groups is 2. The van der Waals surface area contributed by atoms with Crippen LogP contribution in [0, 0.1) is 0 Å². The minimum Gasteiger partial charge on any atom is -0.463 e. The molecule has 0 fully saturated rings. The second-order valence-corrected chi connectivity index (χ2v) is 6.57. The van der Waals surface area contributed by atoms with E-state index < -0.39 is 5.91 Å². The monoisotopic (exact) mass is 364 g/mol. The maximum Gasteiger partial charge on any atom is 0.335 e. The number of ether oxygens (including phenoxy) is 1. The Labute approximate surface area is 159 Å². The molecular formula is C22H24N2O3. The number of hydrogen-bond donors (Lipinski definition) is 1. The number of carbonyl (C=O) groups excluding carboxylic acids is 2. The molecule has 1 amide bonds. The number of benzene rings is 2. The van der Waals surface area contributed by atoms with Crippen molar-refractivity contribution >= 4 is 17.4 Å². The molecule has 0 radical (unpaired) electrons. The van der Waals surface area contributed by atoms with Crippen LogP contribution >= 0.6 is 0 Å². The van der Waals surface area contributed by atoms with Crippen molar-refractivity contribution < 1.29 is 14.3 Å². The van der Waals surface area contributed by atoms with E-state index in [4.69, 9.17) is 10.5 Å². The molecule has 1 heterocycles. The Bertz CT molecular complexity index is 842. The number of primary amides is 1. The van der Waals surface area contributed by atoms with Crippen LogP contribution in [0.25, 0.3) is 5.57 Å². The summed E-state index contributed by atoms with van der Waals surface area (Å²) in [7, 11) is 0. The van der Waals surface area contributed by atoms with Gasteiger partial charge in [0.1, 0.15) is 0 Å². The van der Waals surface area contributed by atoms with Gasteiger partial charge in [0.05, 0.1) is 12.2 Å². The smallest absolute Gasteiger partial charge is 0.335 e. The first kappa shape index (κ1) is 18.9. The Kier molecular flexibility index (Phi) is 6.04. The lowest BCUT2D eigenvalue weighted by Gasteiger charge is -2.30. The van der Waals surface area contributed by atoms with Gasteiger partial charge in [-0.1, -0.05) is 42.5 Å². The summed E-state index contributed by atoms with van der Waals surface area (Å²) in [5, 5.41) is 0. The number of nitrogens with zero attached hydrogens (tertiary/aromatic N) is 1. The van der Waals surface area contributed by atoms with Crippen molar-refractivity contribution in [2.45, 2.75) is 19.9 Å². The Morgan fingerprint density at radius 3 is 2.41 bits per heavy atom. The zero-order valence-corrected chi connectivity index (χ0v) is 15.5. The molecule has 2 aromatic carbocycles. The van der Waals surface area contributed by atoms with Crippen molar-refractivity contribution in [2.75, 3.05) is 19.7 Å². The SMILES string of the molecule is CCOC(=O)C1=C(c2ccc(C(N)=O)cc2)CCN(Cc2ccccc2)C1. The van der Waals surface area contributed by atoms with Crippen molar-refractivity contribution in [3.8, 4) is 0 Å². The summed E-state index contributed by atoms with van der Waals surface area (Å²) in [6.07, 6.45) is 0.747. The molecule has 0 unspecified atom stereocenters. The van der Waals surface area contributed by atoms with Gasteiger partial charge in [0, 0.05) is 25.2 Å². The zero-order chi connectivity index (χ0) is 19.2. The van der Waals surface area contributed by atoms with E-state index in [0.29, 0.717) is 24.3 Å². The first-order valence-corrected chi connectivity index (χ1v) is 9.14. The van der Waals surface area contributed by atoms with E-state index in [-0.39, 0.29) is 5.97 Å². The van der Waals surface area contributed by atoms with Gasteiger partial charge < -0.3 is 10.5 Å². The van der Waals surface area contributed by atoms with Crippen molar-refractivity contribution in [3.63, 3.8) is 0 Å². The molecule has 0 aromatic heterocycles. The molecule has 2 aromatic rings. The third kappa shape index (κ3) is 4.63. The molecule has 5 heteroatoms. The van der Waals surface area contributed by atoms with E-state index in [1.807, 2.05) is 37.3 Å². The highest BCUT2D eigenvalue weighted by molar-refractivity contribution is 5.99. The van der Waals surface area contributed by atoms with Crippen LogP contribution in [0.2, 0.25) is 0 Å². The minimum atomic E-state index is -0.459. The topological polar surface area (TPSA) is 72.6 Å². The third-order valence-corrected chi connectivity index (χ3v) is 4.71. The van der Waals surface area contributed by atoms with Crippen LogP contribution in [0.3, 0.4) is 0 Å². The highest BCUT2D eigenvalue weighted by atomic mass is 16.5. The average Bonchev–Trinajstić information content (AvgIpc) is 2.69. The maximum absolute atomic E-state index is 12.6. The van der Waals surface area contributed by atoms with Gasteiger partial charge in [0.25, 0.3) is 0 Å². The number of rotatable bonds is 6. The largest absolute Gasteiger partial charge is 0.463 e. The Morgan fingerprint density at radius 2 is 1.78 bits per heavy atom. The van der Waals surface area contributed by atoms with Crippen LogP contribution in [0.15, 0.2) is 60.2 Å². The molecule has 0 bridgehead atoms. The van der Waals surface area contributed by atoms with Crippen LogP contribution in [0.5, 0.6) is 0 Å². The molecule has 0 atom stereocenters. The molecular weight excluding hydrogens is 340 g/mol. The zero-order valence-electron chi connectivity index (χ0n) is 15.5. The van der Waals surface area contributed by atoms with E-state index >= 15 is 0 Å². The number of amides is 1. The van der Waals surface area contributed by atoms with Crippen LogP contribution < -0.4 is 5.73 Å². The van der Waals surface area contributed by atoms with Gasteiger partial charge in [-0.25, -0.2) is 4.79 Å². The molecule has 1 aliphatic heterocycles. The summed E-state index contributed by atoms with van der Waals surface area (Å²) in [6, 6.07) is 17.3. The lowest BCUT2D eigenvalue weighted by Crippen LogP contribution is -2.34. The van der Waals surface area contributed by atoms with Crippen molar-refractivity contribution in [2.24, 2.45) is 5.73 Å². The molecule has 0 saturated heterocycles. The van der Waals surface area contributed by atoms with Gasteiger partial charge in [-0.3, -0.25) is 9.69 Å². The van der Waals surface area contributed by atoms with Gasteiger partial charge in [-0.15, -0.1) is 0 Å². The number of esters is 1. The highest BCUT2D eigenvalue weighted by Crippen LogP contribution is 2.29. The van der Waals surface area contributed by atoms with Gasteiger partial charge in [-0.2, -0.15) is 0 Å². The fraction of sp³-hybridized carbons (Fsp3) is 0.273. The van der Waals surface area contributed by atoms with Gasteiger partial charge in [0.2, 0.25) is 5.91 Å². The predicted octanol–water partition coefficient (Wildman–Crippen LogP) is 3.01. The molecule has 3 rings (SSSR count). The van der Waals surface area contributed by atoms with Crippen LogP contribution in [0.1, 0.15) is 34.8 Å². The van der Waals surface area contributed by atoms with Crippen molar-refractivity contribution in [1.29, 1.82) is 0 Å². The lowest BCUT2D eigenvalue weighted by atomic mass is 9.92. The molecule has 0 spiro atoms. The Hall–Kier alpha value is -2.92. The summed E-state index contributed by atoms with van der Waals surface area (Å²) in [5.41, 5.74) is 9.59. The van der Waals surface area contributed by atoms with Crippen LogP contribution in [0.4, 0.5) is 0 Å². The summed E-state index contributed by atoms with van der Waals surface area (Å²) < 4.78 is 5.30. The van der Waals surface area contributed by atoms with Gasteiger partial charge in [-0.05, 0) is 42.2 Å². The van der Waals surface area contributed by atoms with Crippen molar-refractivity contribution in [1.82, 2.24) is 4.90 Å². The molecule has 2 N–H and O–H groups in total. The molecule has 140 valence electrons. The fourth-order valence-electron chi connectivity index (χ4n) is 3.36. The Balaban J connectivity index is 1.87. The predicted molar refractivity (Wildman–Crippen MR) is 105 cm³/mol. The molecule has 1 aliphatic rings. The summed E-state index contributed by atoms with van der Waals surface area (Å²) >= 11 is 0. The van der Waals surface area contributed by atoms with Gasteiger partial charge in [0.15, 0.2) is 0 Å². The van der Waals surface area contributed by atoms with E-state index in [1.54, 1.807) is 12.1 Å². The van der Waals surface area contributed by atoms with E-state index in [2.05, 4.69) is 17.0 Å². The Morgan fingerprint density at radius 1 is 1.07 bits per heavy atom. The number of nitrogens with two attached hydrogens (primary N) is 1. The quantitative estimate of drug-likeness (QED) is 0.800. The third-order valence-electron chi connectivity index (χ3n) is 4.71. The maximum atomic E-state index is 12.6. The van der Waals surface area contributed by atoms with E-state index in [0.717, 1.165) is 30.6 Å². The lowest BCUT2D eigenvalue weighted by molar-refractivity contribution is -0.138. The van der Waals surface area contributed by atoms with E-state index in [1.165, 1.54) is 5.56 Å². The molecule has 0 saturated carbocycles. The summed E-state index contributed by atoms with van der Waals surface area (Å²) in [6.45, 7) is 4.34. The van der Waals surface area contributed by atoms with Crippen LogP contribution in [-0.2, 0) is 16.1 Å². The molecule has 27 heavy (non-hydrogen) atoms. The normalized spacial score (nSPS) is 14.9. The highest BCUT2D eigenvalue weighted by Gasteiger charge is 2.25. The second kappa shape index (κ2) is 8.64. The van der Waals surface area contributed by atoms with Crippen molar-refractivity contribution in [3.05, 3.63) is 76.9 Å². The van der Waals surface area contributed by atoms with E-state index in [9.17, 15) is 9.59 Å². The summed E-state index contributed by atoms with van der Waals surface area (Å²) in [4.78, 5) is 26.1. The van der Waals surface area contributed by atoms with Gasteiger partial charge >= 0.3 is 5.97 Å². The first-order chi connectivity index (χ1) is 13.1. The molecule has 5 nitrogen and oxygen atoms in total. The fourth-order valence-corrected chi connectivity index (χ4v) is 3.36.